The van der Waals surface area contributed by atoms with E-state index in [4.69, 9.17) is 11.6 Å². The highest BCUT2D eigenvalue weighted by atomic mass is 35.5. The van der Waals surface area contributed by atoms with E-state index in [1.54, 1.807) is 36.5 Å². The Morgan fingerprint density at radius 1 is 0.793 bits per heavy atom. The van der Waals surface area contributed by atoms with Gasteiger partial charge >= 0.3 is 0 Å². The molecule has 0 unspecified atom stereocenters. The minimum Gasteiger partial charge on any atom is -0.224 e. The van der Waals surface area contributed by atoms with Crippen molar-refractivity contribution in [2.75, 3.05) is 0 Å². The van der Waals surface area contributed by atoms with Crippen molar-refractivity contribution in [1.82, 2.24) is 13.9 Å². The summed E-state index contributed by atoms with van der Waals surface area (Å²) in [6.07, 6.45) is 2.85. The Balaban J connectivity index is 1.88. The van der Waals surface area contributed by atoms with Gasteiger partial charge in [-0.15, -0.1) is 0 Å². The molecule has 2 aromatic heterocycles. The average Bonchev–Trinajstić information content (AvgIpc) is 3.16. The van der Waals surface area contributed by atoms with Gasteiger partial charge in [0.1, 0.15) is 11.5 Å². The number of benzene rings is 3. The Hall–Kier alpha value is -3.22. The van der Waals surface area contributed by atoms with Gasteiger partial charge in [-0.3, -0.25) is 0 Å². The molecule has 0 fully saturated rings. The van der Waals surface area contributed by atoms with Gasteiger partial charge in [0.15, 0.2) is 5.65 Å². The first-order valence-corrected chi connectivity index (χ1v) is 10.7. The first-order valence-electron chi connectivity index (χ1n) is 8.88. The second kappa shape index (κ2) is 6.69. The van der Waals surface area contributed by atoms with Crippen LogP contribution in [0.15, 0.2) is 90.2 Å². The second-order valence-electron chi connectivity index (χ2n) is 6.55. The maximum atomic E-state index is 13.3. The molecule has 0 spiro atoms. The predicted octanol–water partition coefficient (Wildman–Crippen LogP) is 5.14. The van der Waals surface area contributed by atoms with Crippen molar-refractivity contribution in [3.8, 4) is 11.1 Å². The Labute approximate surface area is 172 Å². The molecule has 0 radical (unpaired) electrons. The van der Waals surface area contributed by atoms with Crippen LogP contribution < -0.4 is 0 Å². The van der Waals surface area contributed by atoms with Crippen molar-refractivity contribution in [3.63, 3.8) is 0 Å². The lowest BCUT2D eigenvalue weighted by Crippen LogP contribution is -2.12. The molecule has 0 aliphatic carbocycles. The smallest absolute Gasteiger partial charge is 0.224 e. The summed E-state index contributed by atoms with van der Waals surface area (Å²) in [4.78, 5) is 8.51. The van der Waals surface area contributed by atoms with Gasteiger partial charge in [0.25, 0.3) is 10.0 Å². The lowest BCUT2D eigenvalue weighted by Gasteiger charge is -2.06. The van der Waals surface area contributed by atoms with Gasteiger partial charge in [0, 0.05) is 11.8 Å². The third kappa shape index (κ3) is 2.80. The molecule has 5 rings (SSSR count). The number of rotatable bonds is 3. The molecule has 0 aliphatic heterocycles. The van der Waals surface area contributed by atoms with Gasteiger partial charge in [-0.1, -0.05) is 72.3 Å². The van der Waals surface area contributed by atoms with Crippen LogP contribution in [-0.4, -0.2) is 22.4 Å². The van der Waals surface area contributed by atoms with Crippen LogP contribution in [-0.2, 0) is 10.0 Å². The molecule has 0 aliphatic rings. The lowest BCUT2D eigenvalue weighted by atomic mass is 9.99. The molecule has 0 saturated heterocycles. The third-order valence-corrected chi connectivity index (χ3v) is 6.84. The monoisotopic (exact) mass is 419 g/mol. The van der Waals surface area contributed by atoms with E-state index in [-0.39, 0.29) is 15.7 Å². The third-order valence-electron chi connectivity index (χ3n) is 4.89. The number of fused-ring (bicyclic) bond motifs is 2. The molecule has 7 heteroatoms. The van der Waals surface area contributed by atoms with Crippen molar-refractivity contribution in [2.45, 2.75) is 4.90 Å². The topological polar surface area (TPSA) is 64.8 Å². The standard InChI is InChI=1S/C22H14ClN3O2S/c23-21-20-19(18-12-6-8-15-7-4-5-11-17(15)18)13-26(22(20)25-14-24-21)29(27,28)16-9-2-1-3-10-16/h1-14H. The Bertz CT molecular complexity index is 1470. The Morgan fingerprint density at radius 3 is 2.34 bits per heavy atom. The van der Waals surface area contributed by atoms with Crippen molar-refractivity contribution in [1.29, 1.82) is 0 Å². The van der Waals surface area contributed by atoms with E-state index >= 15 is 0 Å². The fourth-order valence-corrected chi connectivity index (χ4v) is 5.12. The van der Waals surface area contributed by atoms with Crippen LogP contribution in [0.25, 0.3) is 32.9 Å². The quantitative estimate of drug-likeness (QED) is 0.380. The van der Waals surface area contributed by atoms with E-state index in [0.717, 1.165) is 16.3 Å². The zero-order chi connectivity index (χ0) is 20.0. The van der Waals surface area contributed by atoms with Gasteiger partial charge in [0.05, 0.1) is 10.3 Å². The SMILES string of the molecule is O=S(=O)(c1ccccc1)n1cc(-c2cccc3ccccc23)c2c(Cl)ncnc21. The van der Waals surface area contributed by atoms with Gasteiger partial charge in [-0.2, -0.15) is 0 Å². The first-order chi connectivity index (χ1) is 14.1. The van der Waals surface area contributed by atoms with Crippen molar-refractivity contribution in [2.24, 2.45) is 0 Å². The summed E-state index contributed by atoms with van der Waals surface area (Å²) >= 11 is 6.41. The minimum absolute atomic E-state index is 0.177. The van der Waals surface area contributed by atoms with Crippen LogP contribution in [0.2, 0.25) is 5.15 Å². The van der Waals surface area contributed by atoms with Crippen LogP contribution in [0.1, 0.15) is 0 Å². The molecule has 2 heterocycles. The van der Waals surface area contributed by atoms with Crippen molar-refractivity contribution < 1.29 is 8.42 Å². The number of hydrogen-bond donors (Lipinski definition) is 0. The molecule has 0 atom stereocenters. The Morgan fingerprint density at radius 2 is 1.52 bits per heavy atom. The van der Waals surface area contributed by atoms with Gasteiger partial charge < -0.3 is 0 Å². The van der Waals surface area contributed by atoms with Gasteiger partial charge in [-0.25, -0.2) is 22.4 Å². The summed E-state index contributed by atoms with van der Waals surface area (Å²) in [6, 6.07) is 22.1. The molecule has 0 amide bonds. The van der Waals surface area contributed by atoms with Crippen LogP contribution >= 0.6 is 11.6 Å². The average molecular weight is 420 g/mol. The number of nitrogens with zero attached hydrogens (tertiary/aromatic N) is 3. The van der Waals surface area contributed by atoms with Crippen LogP contribution in [0.3, 0.4) is 0 Å². The molecule has 5 aromatic rings. The fourth-order valence-electron chi connectivity index (χ4n) is 3.55. The van der Waals surface area contributed by atoms with E-state index in [0.29, 0.717) is 10.9 Å². The number of hydrogen-bond acceptors (Lipinski definition) is 4. The summed E-state index contributed by atoms with van der Waals surface area (Å²) in [6.45, 7) is 0. The Kier molecular flexibility index (Phi) is 4.12. The summed E-state index contributed by atoms with van der Waals surface area (Å²) in [5.41, 5.74) is 1.78. The fraction of sp³-hybridized carbons (Fsp3) is 0. The zero-order valence-corrected chi connectivity index (χ0v) is 16.6. The molecule has 3 aromatic carbocycles. The predicted molar refractivity (Wildman–Crippen MR) is 115 cm³/mol. The molecular formula is C22H14ClN3O2S. The largest absolute Gasteiger partial charge is 0.269 e. The van der Waals surface area contributed by atoms with Gasteiger partial charge in [-0.05, 0) is 28.5 Å². The van der Waals surface area contributed by atoms with Crippen LogP contribution in [0.5, 0.6) is 0 Å². The van der Waals surface area contributed by atoms with Crippen molar-refractivity contribution >= 4 is 43.4 Å². The maximum Gasteiger partial charge on any atom is 0.269 e. The van der Waals surface area contributed by atoms with E-state index in [1.807, 2.05) is 42.5 Å². The first kappa shape index (κ1) is 17.8. The minimum atomic E-state index is -3.86. The number of aromatic nitrogens is 3. The maximum absolute atomic E-state index is 13.3. The van der Waals surface area contributed by atoms with E-state index in [1.165, 1.54) is 10.3 Å². The highest BCUT2D eigenvalue weighted by Crippen LogP contribution is 2.38. The van der Waals surface area contributed by atoms with E-state index in [2.05, 4.69) is 9.97 Å². The second-order valence-corrected chi connectivity index (χ2v) is 8.72. The molecule has 29 heavy (non-hydrogen) atoms. The molecule has 0 bridgehead atoms. The van der Waals surface area contributed by atoms with E-state index in [9.17, 15) is 8.42 Å². The van der Waals surface area contributed by atoms with Crippen LogP contribution in [0.4, 0.5) is 0 Å². The normalized spacial score (nSPS) is 11.9. The summed E-state index contributed by atoms with van der Waals surface area (Å²) in [5, 5.41) is 2.75. The molecular weight excluding hydrogens is 406 g/mol. The molecule has 142 valence electrons. The van der Waals surface area contributed by atoms with Crippen molar-refractivity contribution in [3.05, 3.63) is 90.5 Å². The number of halogens is 1. The molecule has 0 N–H and O–H groups in total. The summed E-state index contributed by atoms with van der Waals surface area (Å²) in [5.74, 6) is 0. The molecule has 0 saturated carbocycles. The van der Waals surface area contributed by atoms with E-state index < -0.39 is 10.0 Å². The van der Waals surface area contributed by atoms with Crippen LogP contribution in [0, 0.1) is 0 Å². The summed E-state index contributed by atoms with van der Waals surface area (Å²) < 4.78 is 27.8. The zero-order valence-electron chi connectivity index (χ0n) is 15.0. The molecule has 5 nitrogen and oxygen atoms in total. The van der Waals surface area contributed by atoms with Gasteiger partial charge in [0.2, 0.25) is 0 Å². The highest BCUT2D eigenvalue weighted by Gasteiger charge is 2.24. The highest BCUT2D eigenvalue weighted by molar-refractivity contribution is 7.90. The summed E-state index contributed by atoms with van der Waals surface area (Å²) in [7, 11) is -3.86. The lowest BCUT2D eigenvalue weighted by molar-refractivity contribution is 0.589.